The smallest absolute Gasteiger partial charge is 0.229 e. The van der Waals surface area contributed by atoms with E-state index in [0.717, 1.165) is 38.9 Å². The number of halogens is 1. The van der Waals surface area contributed by atoms with Crippen molar-refractivity contribution in [1.29, 1.82) is 0 Å². The van der Waals surface area contributed by atoms with Gasteiger partial charge in [-0.3, -0.25) is 4.79 Å². The lowest BCUT2D eigenvalue weighted by Gasteiger charge is -2.37. The number of carbonyl (C=O) groups is 1. The fourth-order valence-electron chi connectivity index (χ4n) is 3.38. The number of ether oxygens (including phenoxy) is 1. The second-order valence-electron chi connectivity index (χ2n) is 6.00. The van der Waals surface area contributed by atoms with Crippen molar-refractivity contribution in [2.75, 3.05) is 44.8 Å². The summed E-state index contributed by atoms with van der Waals surface area (Å²) in [6, 6.07) is 0. The Morgan fingerprint density at radius 1 is 1.23 bits per heavy atom. The molecule has 120 valence electrons. The van der Waals surface area contributed by atoms with Gasteiger partial charge in [0.1, 0.15) is 0 Å². The quantitative estimate of drug-likeness (QED) is 0.833. The zero-order valence-electron chi connectivity index (χ0n) is 12.8. The summed E-state index contributed by atoms with van der Waals surface area (Å²) in [7, 11) is 1.65. The van der Waals surface area contributed by atoms with Gasteiger partial charge in [-0.1, -0.05) is 0 Å². The van der Waals surface area contributed by atoms with Crippen LogP contribution in [0.5, 0.6) is 0 Å². The van der Waals surface area contributed by atoms with E-state index in [1.807, 2.05) is 9.80 Å². The maximum Gasteiger partial charge on any atom is 0.229 e. The zero-order chi connectivity index (χ0) is 15.6. The molecule has 0 aromatic carbocycles. The molecule has 2 fully saturated rings. The number of anilines is 1. The summed E-state index contributed by atoms with van der Waals surface area (Å²) >= 11 is 0. The highest BCUT2D eigenvalue weighted by Gasteiger charge is 2.48. The van der Waals surface area contributed by atoms with Crippen LogP contribution in [0.15, 0.2) is 12.4 Å². The van der Waals surface area contributed by atoms with Gasteiger partial charge in [0.05, 0.1) is 24.4 Å². The van der Waals surface area contributed by atoms with E-state index >= 15 is 0 Å². The molecule has 0 bridgehead atoms. The van der Waals surface area contributed by atoms with Crippen LogP contribution in [0.25, 0.3) is 0 Å². The summed E-state index contributed by atoms with van der Waals surface area (Å²) in [6.45, 7) is 3.53. The van der Waals surface area contributed by atoms with Crippen molar-refractivity contribution in [3.63, 3.8) is 0 Å². The van der Waals surface area contributed by atoms with Gasteiger partial charge in [0.15, 0.2) is 5.82 Å². The molecule has 0 radical (unpaired) electrons. The van der Waals surface area contributed by atoms with Crippen molar-refractivity contribution in [2.45, 2.75) is 19.3 Å². The predicted molar refractivity (Wildman–Crippen MR) is 78.9 cm³/mol. The Balaban J connectivity index is 1.61. The molecule has 3 heterocycles. The van der Waals surface area contributed by atoms with E-state index in [4.69, 9.17) is 4.74 Å². The number of aromatic nitrogens is 2. The van der Waals surface area contributed by atoms with Gasteiger partial charge in [0.25, 0.3) is 0 Å². The first kappa shape index (κ1) is 15.1. The van der Waals surface area contributed by atoms with Gasteiger partial charge in [-0.05, 0) is 19.3 Å². The van der Waals surface area contributed by atoms with E-state index in [1.54, 1.807) is 7.11 Å². The molecule has 2 aliphatic heterocycles. The van der Waals surface area contributed by atoms with Crippen LogP contribution in [0.4, 0.5) is 10.3 Å². The van der Waals surface area contributed by atoms with Crippen LogP contribution in [0.1, 0.15) is 19.3 Å². The molecule has 7 heteroatoms. The van der Waals surface area contributed by atoms with Crippen LogP contribution < -0.4 is 4.90 Å². The molecule has 1 aromatic rings. The van der Waals surface area contributed by atoms with Gasteiger partial charge in [-0.2, -0.15) is 0 Å². The minimum atomic E-state index is -0.433. The monoisotopic (exact) mass is 308 g/mol. The third-order valence-corrected chi connectivity index (χ3v) is 4.78. The Kier molecular flexibility index (Phi) is 4.24. The number of amides is 1. The van der Waals surface area contributed by atoms with Crippen LogP contribution in [-0.2, 0) is 9.53 Å². The molecular formula is C15H21FN4O2. The normalized spacial score (nSPS) is 20.9. The zero-order valence-corrected chi connectivity index (χ0v) is 12.8. The van der Waals surface area contributed by atoms with E-state index < -0.39 is 5.82 Å². The second kappa shape index (κ2) is 6.16. The third kappa shape index (κ3) is 2.77. The molecular weight excluding hydrogens is 287 g/mol. The SMILES string of the molecule is COCCN1CCC2(CCN(c3ncc(F)cn3)CC2)C1=O. The highest BCUT2D eigenvalue weighted by molar-refractivity contribution is 5.85. The van der Waals surface area contributed by atoms with Crippen molar-refractivity contribution >= 4 is 11.9 Å². The van der Waals surface area contributed by atoms with Crippen LogP contribution in [0.2, 0.25) is 0 Å². The van der Waals surface area contributed by atoms with Crippen LogP contribution in [0, 0.1) is 11.2 Å². The first-order chi connectivity index (χ1) is 10.6. The first-order valence-corrected chi connectivity index (χ1v) is 7.65. The first-order valence-electron chi connectivity index (χ1n) is 7.65. The van der Waals surface area contributed by atoms with Gasteiger partial charge in [-0.25, -0.2) is 14.4 Å². The number of nitrogens with zero attached hydrogens (tertiary/aromatic N) is 4. The molecule has 6 nitrogen and oxygen atoms in total. The largest absolute Gasteiger partial charge is 0.383 e. The summed E-state index contributed by atoms with van der Waals surface area (Å²) in [5.41, 5.74) is -0.232. The molecule has 0 unspecified atom stereocenters. The number of carbonyl (C=O) groups excluding carboxylic acids is 1. The van der Waals surface area contributed by atoms with Gasteiger partial charge < -0.3 is 14.5 Å². The Hall–Kier alpha value is -1.76. The summed E-state index contributed by atoms with van der Waals surface area (Å²) in [5, 5.41) is 0. The van der Waals surface area contributed by atoms with Crippen LogP contribution in [-0.4, -0.2) is 60.7 Å². The van der Waals surface area contributed by atoms with Gasteiger partial charge in [-0.15, -0.1) is 0 Å². The lowest BCUT2D eigenvalue weighted by Crippen LogP contribution is -2.45. The van der Waals surface area contributed by atoms with Crippen molar-refractivity contribution in [3.05, 3.63) is 18.2 Å². The van der Waals surface area contributed by atoms with Crippen molar-refractivity contribution in [2.24, 2.45) is 5.41 Å². The van der Waals surface area contributed by atoms with Crippen molar-refractivity contribution in [3.8, 4) is 0 Å². The van der Waals surface area contributed by atoms with Crippen LogP contribution in [0.3, 0.4) is 0 Å². The number of hydrogen-bond donors (Lipinski definition) is 0. The van der Waals surface area contributed by atoms with Gasteiger partial charge in [0.2, 0.25) is 11.9 Å². The Morgan fingerprint density at radius 2 is 1.86 bits per heavy atom. The fourth-order valence-corrected chi connectivity index (χ4v) is 3.38. The van der Waals surface area contributed by atoms with E-state index in [2.05, 4.69) is 9.97 Å². The molecule has 0 atom stereocenters. The summed E-state index contributed by atoms with van der Waals surface area (Å²) in [6.07, 6.45) is 4.87. The van der Waals surface area contributed by atoms with Crippen LogP contribution >= 0.6 is 0 Å². The van der Waals surface area contributed by atoms with E-state index in [1.165, 1.54) is 12.4 Å². The van der Waals surface area contributed by atoms with E-state index in [-0.39, 0.29) is 11.3 Å². The van der Waals surface area contributed by atoms with Gasteiger partial charge in [0, 0.05) is 33.3 Å². The highest BCUT2D eigenvalue weighted by atomic mass is 19.1. The minimum absolute atomic E-state index is 0.232. The number of rotatable bonds is 4. The molecule has 2 aliphatic rings. The average Bonchev–Trinajstić information content (AvgIpc) is 2.84. The maximum absolute atomic E-state index is 12.9. The Bertz CT molecular complexity index is 529. The Labute approximate surface area is 129 Å². The van der Waals surface area contributed by atoms with E-state index in [9.17, 15) is 9.18 Å². The lowest BCUT2D eigenvalue weighted by molar-refractivity contribution is -0.137. The maximum atomic E-state index is 12.9. The molecule has 0 saturated carbocycles. The fraction of sp³-hybridized carbons (Fsp3) is 0.667. The number of methoxy groups -OCH3 is 1. The Morgan fingerprint density at radius 3 is 2.50 bits per heavy atom. The molecule has 3 rings (SSSR count). The van der Waals surface area contributed by atoms with Gasteiger partial charge >= 0.3 is 0 Å². The molecule has 0 aliphatic carbocycles. The summed E-state index contributed by atoms with van der Waals surface area (Å²) in [4.78, 5) is 24.6. The number of piperidine rings is 1. The van der Waals surface area contributed by atoms with Crippen molar-refractivity contribution in [1.82, 2.24) is 14.9 Å². The topological polar surface area (TPSA) is 58.6 Å². The summed E-state index contributed by atoms with van der Waals surface area (Å²) in [5.74, 6) is 0.360. The molecule has 1 amide bonds. The standard InChI is InChI=1S/C15H21FN4O2/c1-22-9-8-19-5-2-15(13(19)21)3-6-20(7-4-15)14-17-10-12(16)11-18-14/h10-11H,2-9H2,1H3. The lowest BCUT2D eigenvalue weighted by atomic mass is 9.77. The van der Waals surface area contributed by atoms with E-state index in [0.29, 0.717) is 19.1 Å². The second-order valence-corrected chi connectivity index (χ2v) is 6.00. The molecule has 1 aromatic heterocycles. The molecule has 0 N–H and O–H groups in total. The number of hydrogen-bond acceptors (Lipinski definition) is 5. The molecule has 2 saturated heterocycles. The predicted octanol–water partition coefficient (Wildman–Crippen LogP) is 1.08. The number of likely N-dealkylation sites (tertiary alicyclic amines) is 1. The summed E-state index contributed by atoms with van der Waals surface area (Å²) < 4.78 is 17.9. The third-order valence-electron chi connectivity index (χ3n) is 4.78. The van der Waals surface area contributed by atoms with Crippen molar-refractivity contribution < 1.29 is 13.9 Å². The average molecular weight is 308 g/mol. The highest BCUT2D eigenvalue weighted by Crippen LogP contribution is 2.41. The molecule has 1 spiro atoms. The minimum Gasteiger partial charge on any atom is -0.383 e. The molecule has 22 heavy (non-hydrogen) atoms.